The van der Waals surface area contributed by atoms with Crippen molar-refractivity contribution < 1.29 is 0 Å². The van der Waals surface area contributed by atoms with Gasteiger partial charge in [0.1, 0.15) is 0 Å². The van der Waals surface area contributed by atoms with Crippen LogP contribution in [0.25, 0.3) is 0 Å². The number of unbranched alkanes of at least 4 members (excludes halogenated alkanes) is 1. The third-order valence-electron chi connectivity index (χ3n) is 6.34. The molecular formula is C20H41BIN. The lowest BCUT2D eigenvalue weighted by Gasteiger charge is -2.48. The van der Waals surface area contributed by atoms with Gasteiger partial charge < -0.3 is 5.32 Å². The van der Waals surface area contributed by atoms with Crippen LogP contribution in [0.1, 0.15) is 80.1 Å². The molecule has 5 unspecified atom stereocenters. The Morgan fingerprint density at radius 2 is 1.91 bits per heavy atom. The first-order valence-corrected chi connectivity index (χ1v) is 11.7. The Labute approximate surface area is 160 Å². The fourth-order valence-corrected chi connectivity index (χ4v) is 5.96. The second-order valence-electron chi connectivity index (χ2n) is 9.00. The van der Waals surface area contributed by atoms with Crippen LogP contribution in [0.3, 0.4) is 0 Å². The maximum atomic E-state index is 3.70. The van der Waals surface area contributed by atoms with Gasteiger partial charge in [-0.2, -0.15) is 22.4 Å². The summed E-state index contributed by atoms with van der Waals surface area (Å²) in [5.41, 5.74) is 0.427. The second kappa shape index (κ2) is 10.7. The highest BCUT2D eigenvalue weighted by Gasteiger charge is 2.42. The van der Waals surface area contributed by atoms with Crippen molar-refractivity contribution in [2.75, 3.05) is 13.1 Å². The van der Waals surface area contributed by atoms with E-state index < -0.39 is 0 Å². The topological polar surface area (TPSA) is 12.0 Å². The Kier molecular flexibility index (Phi) is 10.1. The standard InChI is InChI=1S/C20H41BIN/c1-7-9-11-23-14-20(5,6)13-17(10-8-2)19(21-22)18-12-15(3)16(18)4/h15-19,21,23H,7-14H2,1-6H3. The van der Waals surface area contributed by atoms with E-state index in [0.717, 1.165) is 29.5 Å². The summed E-state index contributed by atoms with van der Waals surface area (Å²) in [6.45, 7) is 16.9. The molecule has 1 N–H and O–H groups in total. The van der Waals surface area contributed by atoms with Gasteiger partial charge in [-0.3, -0.25) is 0 Å². The summed E-state index contributed by atoms with van der Waals surface area (Å²) in [5.74, 6) is 4.75. The SMILES string of the molecule is CCCCNCC(C)(C)CC(CCC)C(BI)C1CC(C)C1C. The van der Waals surface area contributed by atoms with Crippen molar-refractivity contribution in [3.05, 3.63) is 0 Å². The van der Waals surface area contributed by atoms with Crippen molar-refractivity contribution in [2.24, 2.45) is 29.1 Å². The Bertz CT molecular complexity index is 321. The molecule has 0 heterocycles. The van der Waals surface area contributed by atoms with Crippen LogP contribution in [0.5, 0.6) is 0 Å². The molecule has 0 aromatic heterocycles. The molecule has 23 heavy (non-hydrogen) atoms. The van der Waals surface area contributed by atoms with Gasteiger partial charge in [0.25, 0.3) is 0 Å². The van der Waals surface area contributed by atoms with Crippen LogP contribution in [0.4, 0.5) is 0 Å². The Balaban J connectivity index is 2.60. The monoisotopic (exact) mass is 433 g/mol. The lowest BCUT2D eigenvalue weighted by Crippen LogP contribution is -2.41. The molecule has 136 valence electrons. The Morgan fingerprint density at radius 1 is 1.22 bits per heavy atom. The molecule has 0 aromatic rings. The van der Waals surface area contributed by atoms with Crippen molar-refractivity contribution in [1.82, 2.24) is 5.32 Å². The maximum absolute atomic E-state index is 3.70. The van der Waals surface area contributed by atoms with E-state index in [-0.39, 0.29) is 0 Å². The summed E-state index contributed by atoms with van der Waals surface area (Å²) in [6, 6.07) is 0. The van der Waals surface area contributed by atoms with Gasteiger partial charge >= 0.3 is 0 Å². The molecular weight excluding hydrogens is 392 g/mol. The third kappa shape index (κ3) is 6.88. The number of halogens is 1. The Hall–Kier alpha value is 0.755. The maximum Gasteiger partial charge on any atom is 0.203 e. The molecule has 1 rings (SSSR count). The van der Waals surface area contributed by atoms with Gasteiger partial charge in [-0.25, -0.2) is 0 Å². The predicted molar refractivity (Wildman–Crippen MR) is 116 cm³/mol. The summed E-state index contributed by atoms with van der Waals surface area (Å²) < 4.78 is 0. The molecule has 0 radical (unpaired) electrons. The molecule has 0 aliphatic heterocycles. The summed E-state index contributed by atoms with van der Waals surface area (Å²) in [5, 5.41) is 5.05. The van der Waals surface area contributed by atoms with Gasteiger partial charge in [0, 0.05) is 6.54 Å². The lowest BCUT2D eigenvalue weighted by molar-refractivity contribution is 0.0680. The molecule has 1 fully saturated rings. The van der Waals surface area contributed by atoms with Crippen LogP contribution in [-0.4, -0.2) is 18.2 Å². The largest absolute Gasteiger partial charge is 0.316 e. The fourth-order valence-electron chi connectivity index (χ4n) is 4.59. The van der Waals surface area contributed by atoms with Gasteiger partial charge in [0.2, 0.25) is 5.14 Å². The normalized spacial score (nSPS) is 27.3. The summed E-state index contributed by atoms with van der Waals surface area (Å²) in [4.78, 5) is 0. The molecule has 1 aliphatic carbocycles. The first kappa shape index (κ1) is 21.8. The molecule has 0 saturated heterocycles. The zero-order valence-electron chi connectivity index (χ0n) is 16.6. The molecule has 5 atom stereocenters. The zero-order valence-corrected chi connectivity index (χ0v) is 18.8. The van der Waals surface area contributed by atoms with Crippen LogP contribution in [-0.2, 0) is 0 Å². The van der Waals surface area contributed by atoms with Crippen LogP contribution in [0.2, 0.25) is 5.82 Å². The van der Waals surface area contributed by atoms with E-state index in [1.807, 2.05) is 0 Å². The summed E-state index contributed by atoms with van der Waals surface area (Å²) >= 11 is 2.67. The van der Waals surface area contributed by atoms with Gasteiger partial charge in [-0.05, 0) is 60.7 Å². The van der Waals surface area contributed by atoms with E-state index in [2.05, 4.69) is 69.2 Å². The molecule has 0 bridgehead atoms. The average Bonchev–Trinajstić information content (AvgIpc) is 2.51. The van der Waals surface area contributed by atoms with E-state index in [0.29, 0.717) is 5.41 Å². The van der Waals surface area contributed by atoms with Gasteiger partial charge in [0.15, 0.2) is 0 Å². The quantitative estimate of drug-likeness (QED) is 0.224. The number of rotatable bonds is 12. The highest BCUT2D eigenvalue weighted by molar-refractivity contribution is 14.1. The number of nitrogens with one attached hydrogen (secondary N) is 1. The molecule has 3 heteroatoms. The molecule has 0 amide bonds. The molecule has 1 nitrogen and oxygen atoms in total. The van der Waals surface area contributed by atoms with Crippen LogP contribution >= 0.6 is 22.4 Å². The minimum Gasteiger partial charge on any atom is -0.316 e. The van der Waals surface area contributed by atoms with E-state index in [4.69, 9.17) is 0 Å². The van der Waals surface area contributed by atoms with Gasteiger partial charge in [0.05, 0.1) is 0 Å². The van der Waals surface area contributed by atoms with Crippen LogP contribution in [0.15, 0.2) is 0 Å². The van der Waals surface area contributed by atoms with E-state index in [1.165, 1.54) is 56.8 Å². The molecule has 0 spiro atoms. The van der Waals surface area contributed by atoms with Gasteiger partial charge in [-0.15, -0.1) is 0 Å². The number of hydrogen-bond donors (Lipinski definition) is 1. The van der Waals surface area contributed by atoms with Crippen molar-refractivity contribution >= 4 is 27.5 Å². The fraction of sp³-hybridized carbons (Fsp3) is 1.00. The first-order chi connectivity index (χ1) is 10.9. The summed E-state index contributed by atoms with van der Waals surface area (Å²) in [7, 11) is 0. The minimum absolute atomic E-state index is 0.427. The number of hydrogen-bond acceptors (Lipinski definition) is 1. The van der Waals surface area contributed by atoms with Crippen molar-refractivity contribution in [2.45, 2.75) is 85.9 Å². The average molecular weight is 433 g/mol. The van der Waals surface area contributed by atoms with E-state index in [9.17, 15) is 0 Å². The minimum atomic E-state index is 0.427. The zero-order chi connectivity index (χ0) is 17.5. The molecule has 1 saturated carbocycles. The van der Waals surface area contributed by atoms with Crippen molar-refractivity contribution in [3.8, 4) is 0 Å². The Morgan fingerprint density at radius 3 is 2.39 bits per heavy atom. The lowest BCUT2D eigenvalue weighted by atomic mass is 9.52. The highest BCUT2D eigenvalue weighted by atomic mass is 127. The smallest absolute Gasteiger partial charge is 0.203 e. The predicted octanol–water partition coefficient (Wildman–Crippen LogP) is 6.08. The first-order valence-electron chi connectivity index (χ1n) is 10.1. The molecule has 1 aliphatic rings. The van der Waals surface area contributed by atoms with Gasteiger partial charge in [-0.1, -0.05) is 60.8 Å². The van der Waals surface area contributed by atoms with Crippen LogP contribution < -0.4 is 5.32 Å². The van der Waals surface area contributed by atoms with E-state index in [1.54, 1.807) is 0 Å². The highest BCUT2D eigenvalue weighted by Crippen LogP contribution is 2.52. The molecule has 0 aromatic carbocycles. The third-order valence-corrected chi connectivity index (χ3v) is 7.35. The van der Waals surface area contributed by atoms with Crippen molar-refractivity contribution in [1.29, 1.82) is 0 Å². The summed E-state index contributed by atoms with van der Waals surface area (Å²) in [6.07, 6.45) is 8.23. The second-order valence-corrected chi connectivity index (χ2v) is 9.88. The van der Waals surface area contributed by atoms with E-state index >= 15 is 0 Å². The van der Waals surface area contributed by atoms with Crippen molar-refractivity contribution in [3.63, 3.8) is 0 Å². The van der Waals surface area contributed by atoms with Crippen LogP contribution in [0, 0.1) is 29.1 Å².